The Hall–Kier alpha value is -2.21. The van der Waals surface area contributed by atoms with Gasteiger partial charge in [0.1, 0.15) is 11.4 Å². The van der Waals surface area contributed by atoms with E-state index in [2.05, 4.69) is 22.2 Å². The van der Waals surface area contributed by atoms with E-state index in [1.165, 1.54) is 6.08 Å². The summed E-state index contributed by atoms with van der Waals surface area (Å²) in [6.45, 7) is 7.36. The lowest BCUT2D eigenvalue weighted by atomic mass is 9.71. The van der Waals surface area contributed by atoms with Crippen molar-refractivity contribution in [2.24, 2.45) is 5.41 Å². The number of carbonyl (C=O) groups is 2. The number of piperidine rings is 1. The molecule has 1 N–H and O–H groups in total. The van der Waals surface area contributed by atoms with E-state index in [0.717, 1.165) is 37.1 Å². The topological polar surface area (TPSA) is 71.5 Å². The van der Waals surface area contributed by atoms with Crippen molar-refractivity contribution in [2.75, 3.05) is 25.5 Å². The molecular weight excluding hydrogens is 330 g/mol. The summed E-state index contributed by atoms with van der Waals surface area (Å²) < 4.78 is 5.28. The SMILES string of the molecule is CN1CCC2(CC1)Cc1cc(/C=C/C(=O)OC(C)(C)C)cnc1NC2=O. The number of hydrogen-bond acceptors (Lipinski definition) is 5. The highest BCUT2D eigenvalue weighted by atomic mass is 16.6. The Labute approximate surface area is 154 Å². The maximum atomic E-state index is 12.6. The lowest BCUT2D eigenvalue weighted by molar-refractivity contribution is -0.148. The van der Waals surface area contributed by atoms with Gasteiger partial charge < -0.3 is 15.0 Å². The number of ether oxygens (including phenoxy) is 1. The van der Waals surface area contributed by atoms with Gasteiger partial charge in [-0.15, -0.1) is 0 Å². The standard InChI is InChI=1S/C20H27N3O3/c1-19(2,3)26-16(24)6-5-14-11-15-12-20(7-9-23(4)10-8-20)18(25)22-17(15)21-13-14/h5-6,11,13H,7-10,12H2,1-4H3,(H,21,22,25)/b6-5+. The van der Waals surface area contributed by atoms with E-state index >= 15 is 0 Å². The number of nitrogens with one attached hydrogen (secondary N) is 1. The zero-order valence-electron chi connectivity index (χ0n) is 16.0. The summed E-state index contributed by atoms with van der Waals surface area (Å²) in [5, 5.41) is 2.97. The second-order valence-corrected chi connectivity index (χ2v) is 8.36. The first-order valence-corrected chi connectivity index (χ1v) is 9.07. The summed E-state index contributed by atoms with van der Waals surface area (Å²) in [5.74, 6) is 0.340. The van der Waals surface area contributed by atoms with Gasteiger partial charge in [0.25, 0.3) is 0 Å². The van der Waals surface area contributed by atoms with Gasteiger partial charge in [0, 0.05) is 12.3 Å². The van der Waals surface area contributed by atoms with Crippen LogP contribution in [0, 0.1) is 5.41 Å². The smallest absolute Gasteiger partial charge is 0.331 e. The van der Waals surface area contributed by atoms with Gasteiger partial charge in [0.15, 0.2) is 0 Å². The quantitative estimate of drug-likeness (QED) is 0.651. The van der Waals surface area contributed by atoms with E-state index in [0.29, 0.717) is 12.2 Å². The van der Waals surface area contributed by atoms with E-state index in [1.54, 1.807) is 12.3 Å². The summed E-state index contributed by atoms with van der Waals surface area (Å²) in [6.07, 6.45) is 7.19. The molecule has 0 aromatic carbocycles. The second kappa shape index (κ2) is 6.83. The molecule has 6 nitrogen and oxygen atoms in total. The Kier molecular flexibility index (Phi) is 4.88. The number of anilines is 1. The van der Waals surface area contributed by atoms with Crippen molar-refractivity contribution >= 4 is 23.8 Å². The fourth-order valence-corrected chi connectivity index (χ4v) is 3.50. The molecule has 6 heteroatoms. The van der Waals surface area contributed by atoms with Crippen LogP contribution in [-0.4, -0.2) is 47.5 Å². The third-order valence-electron chi connectivity index (χ3n) is 4.99. The fraction of sp³-hybridized carbons (Fsp3) is 0.550. The van der Waals surface area contributed by atoms with E-state index < -0.39 is 5.60 Å². The van der Waals surface area contributed by atoms with Crippen LogP contribution in [-0.2, 0) is 20.7 Å². The highest BCUT2D eigenvalue weighted by molar-refractivity contribution is 5.98. The van der Waals surface area contributed by atoms with Crippen molar-refractivity contribution < 1.29 is 14.3 Å². The predicted molar refractivity (Wildman–Crippen MR) is 101 cm³/mol. The number of nitrogens with zero attached hydrogens (tertiary/aromatic N) is 2. The zero-order valence-corrected chi connectivity index (χ0v) is 16.0. The number of hydrogen-bond donors (Lipinski definition) is 1. The molecule has 0 bridgehead atoms. The van der Waals surface area contributed by atoms with Crippen molar-refractivity contribution in [1.82, 2.24) is 9.88 Å². The first-order chi connectivity index (χ1) is 12.2. The monoisotopic (exact) mass is 357 g/mol. The molecule has 1 aromatic heterocycles. The number of carbonyl (C=O) groups excluding carboxylic acids is 2. The van der Waals surface area contributed by atoms with Crippen molar-refractivity contribution in [3.63, 3.8) is 0 Å². The molecule has 1 aromatic rings. The Morgan fingerprint density at radius 2 is 2.04 bits per heavy atom. The van der Waals surface area contributed by atoms with Crippen molar-refractivity contribution in [2.45, 2.75) is 45.6 Å². The van der Waals surface area contributed by atoms with E-state index in [9.17, 15) is 9.59 Å². The Bertz CT molecular complexity index is 741. The van der Waals surface area contributed by atoms with Crippen molar-refractivity contribution in [1.29, 1.82) is 0 Å². The highest BCUT2D eigenvalue weighted by Gasteiger charge is 2.44. The molecule has 1 spiro atoms. The molecule has 0 saturated carbocycles. The Morgan fingerprint density at radius 3 is 2.69 bits per heavy atom. The maximum absolute atomic E-state index is 12.6. The van der Waals surface area contributed by atoms with Crippen LogP contribution in [0.5, 0.6) is 0 Å². The van der Waals surface area contributed by atoms with Crippen LogP contribution in [0.4, 0.5) is 5.82 Å². The zero-order chi connectivity index (χ0) is 18.9. The lowest BCUT2D eigenvalue weighted by Crippen LogP contribution is -2.49. The number of amides is 1. The number of aromatic nitrogens is 1. The molecule has 1 amide bonds. The molecule has 26 heavy (non-hydrogen) atoms. The van der Waals surface area contributed by atoms with Gasteiger partial charge in [0.2, 0.25) is 5.91 Å². The first kappa shape index (κ1) is 18.6. The number of esters is 1. The molecule has 1 saturated heterocycles. The van der Waals surface area contributed by atoms with Gasteiger partial charge >= 0.3 is 5.97 Å². The Morgan fingerprint density at radius 1 is 1.35 bits per heavy atom. The minimum atomic E-state index is -0.514. The highest BCUT2D eigenvalue weighted by Crippen LogP contribution is 2.40. The maximum Gasteiger partial charge on any atom is 0.331 e. The number of fused-ring (bicyclic) bond motifs is 1. The third kappa shape index (κ3) is 4.12. The van der Waals surface area contributed by atoms with Crippen LogP contribution in [0.25, 0.3) is 6.08 Å². The van der Waals surface area contributed by atoms with Gasteiger partial charge in [-0.25, -0.2) is 9.78 Å². The number of rotatable bonds is 2. The average molecular weight is 357 g/mol. The molecular formula is C20H27N3O3. The van der Waals surface area contributed by atoms with E-state index in [1.807, 2.05) is 26.8 Å². The molecule has 2 aliphatic heterocycles. The van der Waals surface area contributed by atoms with Gasteiger partial charge in [-0.1, -0.05) is 0 Å². The van der Waals surface area contributed by atoms with Gasteiger partial charge in [-0.3, -0.25) is 4.79 Å². The minimum Gasteiger partial charge on any atom is -0.457 e. The van der Waals surface area contributed by atoms with Crippen molar-refractivity contribution in [3.05, 3.63) is 29.5 Å². The normalized spacial score (nSPS) is 20.1. The van der Waals surface area contributed by atoms with Gasteiger partial charge in [-0.2, -0.15) is 0 Å². The largest absolute Gasteiger partial charge is 0.457 e. The summed E-state index contributed by atoms with van der Waals surface area (Å²) in [6, 6.07) is 2.00. The molecule has 3 rings (SSSR count). The molecule has 140 valence electrons. The summed E-state index contributed by atoms with van der Waals surface area (Å²) in [4.78, 5) is 31.1. The molecule has 2 aliphatic rings. The Balaban J connectivity index is 1.76. The van der Waals surface area contributed by atoms with Gasteiger partial charge in [-0.05, 0) is 83.4 Å². The second-order valence-electron chi connectivity index (χ2n) is 8.36. The van der Waals surface area contributed by atoms with Gasteiger partial charge in [0.05, 0.1) is 5.41 Å². The molecule has 1 fully saturated rings. The number of likely N-dealkylation sites (tertiary alicyclic amines) is 1. The van der Waals surface area contributed by atoms with E-state index in [-0.39, 0.29) is 17.3 Å². The predicted octanol–water partition coefficient (Wildman–Crippen LogP) is 2.64. The van der Waals surface area contributed by atoms with Crippen LogP contribution >= 0.6 is 0 Å². The number of pyridine rings is 1. The molecule has 0 aliphatic carbocycles. The molecule has 3 heterocycles. The summed E-state index contributed by atoms with van der Waals surface area (Å²) in [7, 11) is 2.09. The van der Waals surface area contributed by atoms with E-state index in [4.69, 9.17) is 4.74 Å². The van der Waals surface area contributed by atoms with Crippen LogP contribution in [0.15, 0.2) is 18.3 Å². The third-order valence-corrected chi connectivity index (χ3v) is 4.99. The average Bonchev–Trinajstić information content (AvgIpc) is 2.55. The molecule has 0 atom stereocenters. The summed E-state index contributed by atoms with van der Waals surface area (Å²) >= 11 is 0. The van der Waals surface area contributed by atoms with Crippen LogP contribution in [0.1, 0.15) is 44.7 Å². The minimum absolute atomic E-state index is 0.0858. The molecule has 0 unspecified atom stereocenters. The first-order valence-electron chi connectivity index (χ1n) is 9.07. The van der Waals surface area contributed by atoms with Crippen LogP contribution in [0.3, 0.4) is 0 Å². The lowest BCUT2D eigenvalue weighted by Gasteiger charge is -2.42. The fourth-order valence-electron chi connectivity index (χ4n) is 3.50. The summed E-state index contributed by atoms with van der Waals surface area (Å²) in [5.41, 5.74) is 1.00. The van der Waals surface area contributed by atoms with Crippen LogP contribution < -0.4 is 5.32 Å². The van der Waals surface area contributed by atoms with Crippen LogP contribution in [0.2, 0.25) is 0 Å². The van der Waals surface area contributed by atoms with Crippen molar-refractivity contribution in [3.8, 4) is 0 Å². The molecule has 0 radical (unpaired) electrons.